The number of nitrogens with one attached hydrogen (secondary N) is 2. The number of anilines is 1. The molecule has 2 aromatic carbocycles. The standard InChI is InChI=1S/C21H24N4O3S/c1-14-11-15(2)13-25(12-14)29(27,28)17-9-7-16(8-10-17)20(26)24-21-22-18-5-3-4-6-19(18)23-21/h3-10,14-15H,11-13H2,1-2H3,(H2,22,23,24,26). The number of sulfonamides is 1. The van der Waals surface area contributed by atoms with Gasteiger partial charge in [0.15, 0.2) is 0 Å². The van der Waals surface area contributed by atoms with E-state index in [2.05, 4.69) is 29.1 Å². The van der Waals surface area contributed by atoms with Crippen LogP contribution in [0.15, 0.2) is 53.4 Å². The van der Waals surface area contributed by atoms with E-state index in [-0.39, 0.29) is 10.8 Å². The SMILES string of the molecule is CC1CC(C)CN(S(=O)(=O)c2ccc(C(=O)Nc3nc4ccccc4[nH]3)cc2)C1. The molecular weight excluding hydrogens is 388 g/mol. The summed E-state index contributed by atoms with van der Waals surface area (Å²) in [5, 5.41) is 2.72. The molecule has 1 saturated heterocycles. The molecule has 0 spiro atoms. The normalized spacial score (nSPS) is 20.6. The number of piperidine rings is 1. The van der Waals surface area contributed by atoms with Crippen molar-refractivity contribution in [3.8, 4) is 0 Å². The third-order valence-electron chi connectivity index (χ3n) is 5.21. The summed E-state index contributed by atoms with van der Waals surface area (Å²) in [6.45, 7) is 5.20. The lowest BCUT2D eigenvalue weighted by Crippen LogP contribution is -2.42. The van der Waals surface area contributed by atoms with Crippen molar-refractivity contribution in [2.24, 2.45) is 11.8 Å². The first-order chi connectivity index (χ1) is 13.8. The molecule has 0 radical (unpaired) electrons. The van der Waals surface area contributed by atoms with Crippen LogP contribution >= 0.6 is 0 Å². The van der Waals surface area contributed by atoms with Crippen LogP contribution in [0.4, 0.5) is 5.95 Å². The van der Waals surface area contributed by atoms with Crippen LogP contribution in [-0.2, 0) is 10.0 Å². The number of benzene rings is 2. The summed E-state index contributed by atoms with van der Waals surface area (Å²) < 4.78 is 27.5. The highest BCUT2D eigenvalue weighted by Gasteiger charge is 2.31. The molecule has 7 nitrogen and oxygen atoms in total. The van der Waals surface area contributed by atoms with Crippen LogP contribution in [-0.4, -0.2) is 41.7 Å². The Bertz CT molecular complexity index is 1100. The second kappa shape index (κ2) is 7.61. The van der Waals surface area contributed by atoms with Crippen LogP contribution < -0.4 is 5.32 Å². The fourth-order valence-corrected chi connectivity index (χ4v) is 5.60. The second-order valence-electron chi connectivity index (χ2n) is 7.85. The van der Waals surface area contributed by atoms with Gasteiger partial charge in [-0.2, -0.15) is 4.31 Å². The van der Waals surface area contributed by atoms with Crippen LogP contribution in [0, 0.1) is 11.8 Å². The van der Waals surface area contributed by atoms with Gasteiger partial charge in [-0.1, -0.05) is 26.0 Å². The maximum Gasteiger partial charge on any atom is 0.257 e. The minimum atomic E-state index is -3.56. The zero-order chi connectivity index (χ0) is 20.6. The first kappa shape index (κ1) is 19.6. The van der Waals surface area contributed by atoms with E-state index < -0.39 is 10.0 Å². The molecule has 2 N–H and O–H groups in total. The Labute approximate surface area is 170 Å². The molecule has 2 atom stereocenters. The Morgan fingerprint density at radius 2 is 1.72 bits per heavy atom. The van der Waals surface area contributed by atoms with Crippen molar-refractivity contribution in [2.75, 3.05) is 18.4 Å². The lowest BCUT2D eigenvalue weighted by atomic mass is 9.94. The Morgan fingerprint density at radius 1 is 1.07 bits per heavy atom. The summed E-state index contributed by atoms with van der Waals surface area (Å²) in [6.07, 6.45) is 1.03. The van der Waals surface area contributed by atoms with Crippen LogP contribution in [0.5, 0.6) is 0 Å². The van der Waals surface area contributed by atoms with Crippen molar-refractivity contribution in [3.05, 3.63) is 54.1 Å². The number of aromatic amines is 1. The number of hydrogen-bond acceptors (Lipinski definition) is 4. The number of para-hydroxylation sites is 2. The number of H-pyrrole nitrogens is 1. The molecule has 4 rings (SSSR count). The van der Waals surface area contributed by atoms with E-state index in [1.807, 2.05) is 24.3 Å². The highest BCUT2D eigenvalue weighted by molar-refractivity contribution is 7.89. The zero-order valence-electron chi connectivity index (χ0n) is 16.4. The molecule has 3 aromatic rings. The van der Waals surface area contributed by atoms with Gasteiger partial charge in [0, 0.05) is 18.7 Å². The van der Waals surface area contributed by atoms with Gasteiger partial charge in [-0.15, -0.1) is 0 Å². The van der Waals surface area contributed by atoms with Crippen LogP contribution in [0.2, 0.25) is 0 Å². The first-order valence-electron chi connectivity index (χ1n) is 9.69. The van der Waals surface area contributed by atoms with Gasteiger partial charge in [0.05, 0.1) is 15.9 Å². The van der Waals surface area contributed by atoms with Gasteiger partial charge < -0.3 is 4.98 Å². The maximum absolute atomic E-state index is 13.0. The molecule has 0 bridgehead atoms. The number of rotatable bonds is 4. The van der Waals surface area contributed by atoms with Gasteiger partial charge in [0.25, 0.3) is 5.91 Å². The summed E-state index contributed by atoms with van der Waals surface area (Å²) in [5.41, 5.74) is 1.95. The highest BCUT2D eigenvalue weighted by Crippen LogP contribution is 2.27. The van der Waals surface area contributed by atoms with E-state index >= 15 is 0 Å². The molecule has 1 fully saturated rings. The molecule has 29 heavy (non-hydrogen) atoms. The Hall–Kier alpha value is -2.71. The molecule has 0 saturated carbocycles. The van der Waals surface area contributed by atoms with E-state index in [4.69, 9.17) is 0 Å². The van der Waals surface area contributed by atoms with Gasteiger partial charge in [-0.3, -0.25) is 10.1 Å². The predicted octanol–water partition coefficient (Wildman–Crippen LogP) is 3.48. The van der Waals surface area contributed by atoms with E-state index in [0.29, 0.717) is 36.4 Å². The summed E-state index contributed by atoms with van der Waals surface area (Å²) in [4.78, 5) is 20.1. The van der Waals surface area contributed by atoms with Gasteiger partial charge in [0.2, 0.25) is 16.0 Å². The van der Waals surface area contributed by atoms with Gasteiger partial charge in [-0.25, -0.2) is 13.4 Å². The minimum absolute atomic E-state index is 0.207. The molecule has 2 heterocycles. The zero-order valence-corrected chi connectivity index (χ0v) is 17.2. The fraction of sp³-hybridized carbons (Fsp3) is 0.333. The van der Waals surface area contributed by atoms with Crippen molar-refractivity contribution < 1.29 is 13.2 Å². The highest BCUT2D eigenvalue weighted by atomic mass is 32.2. The van der Waals surface area contributed by atoms with E-state index in [9.17, 15) is 13.2 Å². The van der Waals surface area contributed by atoms with Crippen LogP contribution in [0.3, 0.4) is 0 Å². The summed E-state index contributed by atoms with van der Waals surface area (Å²) in [5.74, 6) is 0.669. The number of aromatic nitrogens is 2. The molecule has 0 aliphatic carbocycles. The third kappa shape index (κ3) is 4.04. The number of carbonyl (C=O) groups excluding carboxylic acids is 1. The Kier molecular flexibility index (Phi) is 5.14. The van der Waals surface area contributed by atoms with Crippen molar-refractivity contribution in [1.82, 2.24) is 14.3 Å². The summed E-state index contributed by atoms with van der Waals surface area (Å²) >= 11 is 0. The monoisotopic (exact) mass is 412 g/mol. The predicted molar refractivity (Wildman–Crippen MR) is 112 cm³/mol. The molecule has 152 valence electrons. The molecule has 1 aromatic heterocycles. The lowest BCUT2D eigenvalue weighted by Gasteiger charge is -2.34. The van der Waals surface area contributed by atoms with Crippen LogP contribution in [0.25, 0.3) is 11.0 Å². The Balaban J connectivity index is 1.50. The van der Waals surface area contributed by atoms with E-state index in [1.54, 1.807) is 4.31 Å². The van der Waals surface area contributed by atoms with E-state index in [0.717, 1.165) is 17.5 Å². The van der Waals surface area contributed by atoms with Crippen LogP contribution in [0.1, 0.15) is 30.6 Å². The van der Waals surface area contributed by atoms with Crippen molar-refractivity contribution in [1.29, 1.82) is 0 Å². The Morgan fingerprint density at radius 3 is 2.38 bits per heavy atom. The van der Waals surface area contributed by atoms with Gasteiger partial charge in [-0.05, 0) is 54.7 Å². The lowest BCUT2D eigenvalue weighted by molar-refractivity contribution is 0.102. The number of imidazole rings is 1. The number of fused-ring (bicyclic) bond motifs is 1. The van der Waals surface area contributed by atoms with Gasteiger partial charge in [0.1, 0.15) is 0 Å². The molecular formula is C21H24N4O3S. The first-order valence-corrected chi connectivity index (χ1v) is 11.1. The molecule has 1 aliphatic rings. The van der Waals surface area contributed by atoms with E-state index in [1.165, 1.54) is 24.3 Å². The fourth-order valence-electron chi connectivity index (χ4n) is 3.92. The number of hydrogen-bond donors (Lipinski definition) is 2. The molecule has 8 heteroatoms. The molecule has 2 unspecified atom stereocenters. The quantitative estimate of drug-likeness (QED) is 0.686. The smallest absolute Gasteiger partial charge is 0.257 e. The van der Waals surface area contributed by atoms with Crippen molar-refractivity contribution in [2.45, 2.75) is 25.2 Å². The minimum Gasteiger partial charge on any atom is -0.324 e. The topological polar surface area (TPSA) is 95.2 Å². The second-order valence-corrected chi connectivity index (χ2v) is 9.79. The van der Waals surface area contributed by atoms with Crippen molar-refractivity contribution >= 4 is 32.9 Å². The van der Waals surface area contributed by atoms with Crippen molar-refractivity contribution in [3.63, 3.8) is 0 Å². The molecule has 1 amide bonds. The van der Waals surface area contributed by atoms with Gasteiger partial charge >= 0.3 is 0 Å². The number of amides is 1. The third-order valence-corrected chi connectivity index (χ3v) is 7.06. The average molecular weight is 413 g/mol. The largest absolute Gasteiger partial charge is 0.324 e. The summed E-state index contributed by atoms with van der Waals surface area (Å²) in [7, 11) is -3.56. The number of carbonyl (C=O) groups is 1. The summed E-state index contributed by atoms with van der Waals surface area (Å²) in [6, 6.07) is 13.5. The maximum atomic E-state index is 13.0. The number of nitrogens with zero attached hydrogens (tertiary/aromatic N) is 2. The molecule has 1 aliphatic heterocycles. The average Bonchev–Trinajstić information content (AvgIpc) is 3.09.